The molecule has 0 aromatic carbocycles. The van der Waals surface area contributed by atoms with Crippen LogP contribution in [0.5, 0.6) is 5.88 Å². The Bertz CT molecular complexity index is 376. The standard InChI is InChI=1S/C14H19FN2O/c1-4-6-12(10-11(3)15)13-7-8-14(17-16-13)18-9-5-2/h4-5,7-8,11-12H,1-2,6,9-10H2,3H3. The van der Waals surface area contributed by atoms with Crippen LogP contribution < -0.4 is 4.74 Å². The third-order valence-corrected chi connectivity index (χ3v) is 2.49. The SMILES string of the molecule is C=CCOc1ccc(C(CC=C)CC(C)F)nn1. The van der Waals surface area contributed by atoms with E-state index in [9.17, 15) is 4.39 Å². The summed E-state index contributed by atoms with van der Waals surface area (Å²) in [6, 6.07) is 3.56. The lowest BCUT2D eigenvalue weighted by atomic mass is 9.95. The van der Waals surface area contributed by atoms with Crippen LogP contribution in [0.3, 0.4) is 0 Å². The van der Waals surface area contributed by atoms with Crippen molar-refractivity contribution < 1.29 is 9.13 Å². The zero-order valence-electron chi connectivity index (χ0n) is 10.7. The monoisotopic (exact) mass is 250 g/mol. The number of aromatic nitrogens is 2. The van der Waals surface area contributed by atoms with Crippen molar-refractivity contribution in [1.82, 2.24) is 10.2 Å². The minimum absolute atomic E-state index is 0.0171. The van der Waals surface area contributed by atoms with E-state index in [4.69, 9.17) is 4.74 Å². The first kappa shape index (κ1) is 14.4. The van der Waals surface area contributed by atoms with Crippen LogP contribution in [-0.2, 0) is 0 Å². The van der Waals surface area contributed by atoms with Gasteiger partial charge in [-0.05, 0) is 25.8 Å². The Morgan fingerprint density at radius 3 is 2.61 bits per heavy atom. The van der Waals surface area contributed by atoms with Crippen molar-refractivity contribution in [2.45, 2.75) is 31.9 Å². The summed E-state index contributed by atoms with van der Waals surface area (Å²) in [4.78, 5) is 0. The highest BCUT2D eigenvalue weighted by atomic mass is 19.1. The number of allylic oxidation sites excluding steroid dienone is 1. The Balaban J connectivity index is 2.72. The Morgan fingerprint density at radius 2 is 2.11 bits per heavy atom. The lowest BCUT2D eigenvalue weighted by molar-refractivity contribution is 0.314. The molecule has 1 aromatic rings. The smallest absolute Gasteiger partial charge is 0.233 e. The van der Waals surface area contributed by atoms with E-state index < -0.39 is 6.17 Å². The van der Waals surface area contributed by atoms with Crippen LogP contribution in [0.2, 0.25) is 0 Å². The van der Waals surface area contributed by atoms with Crippen molar-refractivity contribution in [1.29, 1.82) is 0 Å². The van der Waals surface area contributed by atoms with E-state index in [0.29, 0.717) is 25.3 Å². The fraction of sp³-hybridized carbons (Fsp3) is 0.429. The number of halogens is 1. The molecule has 1 aromatic heterocycles. The minimum atomic E-state index is -0.867. The van der Waals surface area contributed by atoms with Gasteiger partial charge < -0.3 is 4.74 Å². The van der Waals surface area contributed by atoms with Gasteiger partial charge in [-0.3, -0.25) is 0 Å². The Labute approximate surface area is 107 Å². The highest BCUT2D eigenvalue weighted by Gasteiger charge is 2.15. The molecule has 4 heteroatoms. The lowest BCUT2D eigenvalue weighted by Crippen LogP contribution is -2.08. The lowest BCUT2D eigenvalue weighted by Gasteiger charge is -2.14. The van der Waals surface area contributed by atoms with E-state index in [1.165, 1.54) is 0 Å². The second-order valence-electron chi connectivity index (χ2n) is 4.13. The average Bonchev–Trinajstić information content (AvgIpc) is 2.36. The molecule has 18 heavy (non-hydrogen) atoms. The summed E-state index contributed by atoms with van der Waals surface area (Å²) in [5.74, 6) is 0.466. The van der Waals surface area contributed by atoms with Gasteiger partial charge in [0, 0.05) is 12.0 Å². The van der Waals surface area contributed by atoms with Crippen LogP contribution in [0, 0.1) is 0 Å². The first-order valence-electron chi connectivity index (χ1n) is 5.99. The molecule has 0 radical (unpaired) electrons. The second kappa shape index (κ2) is 7.58. The third-order valence-electron chi connectivity index (χ3n) is 2.49. The Morgan fingerprint density at radius 1 is 1.33 bits per heavy atom. The zero-order chi connectivity index (χ0) is 13.4. The van der Waals surface area contributed by atoms with E-state index in [1.807, 2.05) is 6.07 Å². The van der Waals surface area contributed by atoms with Crippen molar-refractivity contribution in [3.8, 4) is 5.88 Å². The highest BCUT2D eigenvalue weighted by molar-refractivity contribution is 5.15. The topological polar surface area (TPSA) is 35.0 Å². The van der Waals surface area contributed by atoms with Gasteiger partial charge in [0.2, 0.25) is 5.88 Å². The maximum absolute atomic E-state index is 13.1. The van der Waals surface area contributed by atoms with Crippen LogP contribution in [0.1, 0.15) is 31.4 Å². The van der Waals surface area contributed by atoms with E-state index >= 15 is 0 Å². The van der Waals surface area contributed by atoms with Crippen LogP contribution in [0.15, 0.2) is 37.4 Å². The van der Waals surface area contributed by atoms with Gasteiger partial charge in [0.15, 0.2) is 0 Å². The predicted molar refractivity (Wildman–Crippen MR) is 70.5 cm³/mol. The number of ether oxygens (including phenoxy) is 1. The first-order valence-corrected chi connectivity index (χ1v) is 5.99. The molecular formula is C14H19FN2O. The maximum Gasteiger partial charge on any atom is 0.233 e. The normalized spacial score (nSPS) is 13.7. The van der Waals surface area contributed by atoms with Crippen molar-refractivity contribution in [3.05, 3.63) is 43.1 Å². The Kier molecular flexibility index (Phi) is 6.05. The van der Waals surface area contributed by atoms with Crippen LogP contribution in [0.4, 0.5) is 4.39 Å². The molecule has 2 unspecified atom stereocenters. The molecule has 0 bridgehead atoms. The summed E-state index contributed by atoms with van der Waals surface area (Å²) >= 11 is 0. The molecule has 0 aliphatic carbocycles. The summed E-state index contributed by atoms with van der Waals surface area (Å²) in [7, 11) is 0. The molecule has 2 atom stereocenters. The largest absolute Gasteiger partial charge is 0.472 e. The Hall–Kier alpha value is -1.71. The summed E-state index contributed by atoms with van der Waals surface area (Å²) in [5.41, 5.74) is 0.769. The summed E-state index contributed by atoms with van der Waals surface area (Å²) in [6.07, 6.45) is 3.66. The number of hydrogen-bond acceptors (Lipinski definition) is 3. The molecule has 0 spiro atoms. The second-order valence-corrected chi connectivity index (χ2v) is 4.13. The zero-order valence-corrected chi connectivity index (χ0v) is 10.7. The van der Waals surface area contributed by atoms with E-state index in [0.717, 1.165) is 5.69 Å². The predicted octanol–water partition coefficient (Wildman–Crippen LogP) is 3.45. The quantitative estimate of drug-likeness (QED) is 0.663. The minimum Gasteiger partial charge on any atom is -0.472 e. The van der Waals surface area contributed by atoms with Gasteiger partial charge in [-0.2, -0.15) is 5.10 Å². The molecule has 0 aliphatic rings. The molecule has 3 nitrogen and oxygen atoms in total. The summed E-state index contributed by atoms with van der Waals surface area (Å²) in [6.45, 7) is 9.18. The number of alkyl halides is 1. The van der Waals surface area contributed by atoms with Gasteiger partial charge in [-0.15, -0.1) is 11.7 Å². The summed E-state index contributed by atoms with van der Waals surface area (Å²) in [5, 5.41) is 8.03. The van der Waals surface area contributed by atoms with Crippen LogP contribution >= 0.6 is 0 Å². The fourth-order valence-corrected chi connectivity index (χ4v) is 1.70. The van der Waals surface area contributed by atoms with E-state index in [1.54, 1.807) is 25.1 Å². The molecule has 1 heterocycles. The van der Waals surface area contributed by atoms with Crippen molar-refractivity contribution in [2.75, 3.05) is 6.61 Å². The number of nitrogens with zero attached hydrogens (tertiary/aromatic N) is 2. The van der Waals surface area contributed by atoms with Gasteiger partial charge in [0.05, 0.1) is 11.9 Å². The van der Waals surface area contributed by atoms with Crippen molar-refractivity contribution >= 4 is 0 Å². The molecule has 0 N–H and O–H groups in total. The van der Waals surface area contributed by atoms with Gasteiger partial charge in [0.1, 0.15) is 6.61 Å². The van der Waals surface area contributed by atoms with E-state index in [2.05, 4.69) is 23.4 Å². The third kappa shape index (κ3) is 4.65. The number of rotatable bonds is 8. The van der Waals surface area contributed by atoms with E-state index in [-0.39, 0.29) is 5.92 Å². The van der Waals surface area contributed by atoms with Crippen molar-refractivity contribution in [2.24, 2.45) is 0 Å². The van der Waals surface area contributed by atoms with Gasteiger partial charge in [0.25, 0.3) is 0 Å². The molecule has 0 fully saturated rings. The molecular weight excluding hydrogens is 231 g/mol. The van der Waals surface area contributed by atoms with Gasteiger partial charge in [-0.1, -0.05) is 18.7 Å². The average molecular weight is 250 g/mol. The van der Waals surface area contributed by atoms with Crippen LogP contribution in [-0.4, -0.2) is 23.0 Å². The molecule has 0 amide bonds. The van der Waals surface area contributed by atoms with Gasteiger partial charge >= 0.3 is 0 Å². The highest BCUT2D eigenvalue weighted by Crippen LogP contribution is 2.25. The summed E-state index contributed by atoms with van der Waals surface area (Å²) < 4.78 is 18.3. The molecule has 0 aliphatic heterocycles. The first-order chi connectivity index (χ1) is 8.67. The van der Waals surface area contributed by atoms with Gasteiger partial charge in [-0.25, -0.2) is 4.39 Å². The van der Waals surface area contributed by atoms with Crippen LogP contribution in [0.25, 0.3) is 0 Å². The number of hydrogen-bond donors (Lipinski definition) is 0. The maximum atomic E-state index is 13.1. The molecule has 0 saturated heterocycles. The fourth-order valence-electron chi connectivity index (χ4n) is 1.70. The molecule has 1 rings (SSSR count). The van der Waals surface area contributed by atoms with Crippen molar-refractivity contribution in [3.63, 3.8) is 0 Å². The molecule has 98 valence electrons. The molecule has 0 saturated carbocycles.